The maximum Gasteiger partial charge on any atom is 0.420 e. The van der Waals surface area contributed by atoms with Crippen molar-refractivity contribution in [2.45, 2.75) is 26.4 Å². The first-order valence-corrected chi connectivity index (χ1v) is 5.33. The van der Waals surface area contributed by atoms with Crippen molar-refractivity contribution >= 4 is 22.8 Å². The number of nitrogen functional groups attached to an aromatic ring is 1. The SMILES string of the molecule is CC(C)(C)OC(=O)n1cnc2ccc(N)cc21. The number of carbonyl (C=O) groups excluding carboxylic acids is 1. The first kappa shape index (κ1) is 11.4. The van der Waals surface area contributed by atoms with Crippen LogP contribution in [0.1, 0.15) is 20.8 Å². The lowest BCUT2D eigenvalue weighted by atomic mass is 10.2. The molecule has 0 saturated carbocycles. The number of hydrogen-bond donors (Lipinski definition) is 1. The summed E-state index contributed by atoms with van der Waals surface area (Å²) in [5.41, 5.74) is 7.10. The third-order valence-corrected chi connectivity index (χ3v) is 2.16. The highest BCUT2D eigenvalue weighted by Gasteiger charge is 2.19. The van der Waals surface area contributed by atoms with Gasteiger partial charge in [0.15, 0.2) is 0 Å². The van der Waals surface area contributed by atoms with Crippen LogP contribution in [0.4, 0.5) is 10.5 Å². The largest absolute Gasteiger partial charge is 0.443 e. The van der Waals surface area contributed by atoms with Gasteiger partial charge in [-0.1, -0.05) is 0 Å². The van der Waals surface area contributed by atoms with Crippen LogP contribution in [0.2, 0.25) is 0 Å². The van der Waals surface area contributed by atoms with Crippen LogP contribution in [0.5, 0.6) is 0 Å². The number of rotatable bonds is 0. The Balaban J connectivity index is 2.42. The van der Waals surface area contributed by atoms with Crippen molar-refractivity contribution in [1.29, 1.82) is 0 Å². The minimum Gasteiger partial charge on any atom is -0.443 e. The predicted molar refractivity (Wildman–Crippen MR) is 65.8 cm³/mol. The molecule has 5 nitrogen and oxygen atoms in total. The molecule has 0 saturated heterocycles. The lowest BCUT2D eigenvalue weighted by Crippen LogP contribution is -2.26. The summed E-state index contributed by atoms with van der Waals surface area (Å²) >= 11 is 0. The molecule has 5 heteroatoms. The van der Waals surface area contributed by atoms with E-state index in [2.05, 4.69) is 4.98 Å². The van der Waals surface area contributed by atoms with Gasteiger partial charge in [0.25, 0.3) is 0 Å². The van der Waals surface area contributed by atoms with Gasteiger partial charge in [0, 0.05) is 5.69 Å². The number of benzene rings is 1. The van der Waals surface area contributed by atoms with E-state index < -0.39 is 11.7 Å². The van der Waals surface area contributed by atoms with Crippen LogP contribution in [-0.2, 0) is 4.74 Å². The molecule has 0 radical (unpaired) electrons. The summed E-state index contributed by atoms with van der Waals surface area (Å²) in [4.78, 5) is 16.0. The monoisotopic (exact) mass is 233 g/mol. The van der Waals surface area contributed by atoms with Gasteiger partial charge < -0.3 is 10.5 Å². The summed E-state index contributed by atoms with van der Waals surface area (Å²) in [7, 11) is 0. The number of carbonyl (C=O) groups is 1. The van der Waals surface area contributed by atoms with E-state index in [0.29, 0.717) is 16.7 Å². The molecule has 1 aromatic heterocycles. The first-order valence-electron chi connectivity index (χ1n) is 5.33. The maximum atomic E-state index is 11.9. The number of hydrogen-bond acceptors (Lipinski definition) is 4. The minimum absolute atomic E-state index is 0.453. The molecule has 2 N–H and O–H groups in total. The summed E-state index contributed by atoms with van der Waals surface area (Å²) < 4.78 is 6.63. The Labute approximate surface area is 99.2 Å². The fourth-order valence-corrected chi connectivity index (χ4v) is 1.48. The summed E-state index contributed by atoms with van der Waals surface area (Å²) in [6, 6.07) is 5.21. The maximum absolute atomic E-state index is 11.9. The Bertz CT molecular complexity index is 567. The topological polar surface area (TPSA) is 70.1 Å². The van der Waals surface area contributed by atoms with Gasteiger partial charge in [-0.25, -0.2) is 14.3 Å². The van der Waals surface area contributed by atoms with E-state index in [-0.39, 0.29) is 0 Å². The number of nitrogens with zero attached hydrogens (tertiary/aromatic N) is 2. The molecule has 0 spiro atoms. The lowest BCUT2D eigenvalue weighted by molar-refractivity contribution is 0.0543. The highest BCUT2D eigenvalue weighted by Crippen LogP contribution is 2.18. The van der Waals surface area contributed by atoms with Gasteiger partial charge in [-0.05, 0) is 39.0 Å². The fourth-order valence-electron chi connectivity index (χ4n) is 1.48. The highest BCUT2D eigenvalue weighted by molar-refractivity contribution is 5.88. The molecule has 1 aromatic carbocycles. The zero-order chi connectivity index (χ0) is 12.6. The predicted octanol–water partition coefficient (Wildman–Crippen LogP) is 2.40. The first-order chi connectivity index (χ1) is 7.87. The van der Waals surface area contributed by atoms with E-state index in [1.807, 2.05) is 20.8 Å². The van der Waals surface area contributed by atoms with Gasteiger partial charge in [0.2, 0.25) is 0 Å². The van der Waals surface area contributed by atoms with Crippen molar-refractivity contribution in [3.05, 3.63) is 24.5 Å². The normalized spacial score (nSPS) is 11.7. The van der Waals surface area contributed by atoms with E-state index in [1.54, 1.807) is 18.2 Å². The molecule has 1 heterocycles. The number of nitrogens with two attached hydrogens (primary N) is 1. The van der Waals surface area contributed by atoms with Gasteiger partial charge in [-0.3, -0.25) is 0 Å². The van der Waals surface area contributed by atoms with Crippen LogP contribution in [0, 0.1) is 0 Å². The molecule has 0 unspecified atom stereocenters. The summed E-state index contributed by atoms with van der Waals surface area (Å²) in [5, 5.41) is 0. The molecule has 0 aliphatic carbocycles. The molecule has 0 amide bonds. The van der Waals surface area contributed by atoms with Crippen LogP contribution in [0.3, 0.4) is 0 Å². The second kappa shape index (κ2) is 3.76. The summed E-state index contributed by atoms with van der Waals surface area (Å²) in [5.74, 6) is 0. The lowest BCUT2D eigenvalue weighted by Gasteiger charge is -2.19. The molecule has 2 aromatic rings. The van der Waals surface area contributed by atoms with Gasteiger partial charge >= 0.3 is 6.09 Å². The number of ether oxygens (including phenoxy) is 1. The van der Waals surface area contributed by atoms with Crippen molar-refractivity contribution < 1.29 is 9.53 Å². The van der Waals surface area contributed by atoms with Gasteiger partial charge in [0.1, 0.15) is 11.9 Å². The molecule has 0 aliphatic heterocycles. The molecular weight excluding hydrogens is 218 g/mol. The molecule has 0 aliphatic rings. The van der Waals surface area contributed by atoms with Crippen LogP contribution in [0.25, 0.3) is 11.0 Å². The van der Waals surface area contributed by atoms with Gasteiger partial charge in [-0.2, -0.15) is 0 Å². The third-order valence-electron chi connectivity index (χ3n) is 2.16. The fraction of sp³-hybridized carbons (Fsp3) is 0.333. The summed E-state index contributed by atoms with van der Waals surface area (Å²) in [6.07, 6.45) is 0.989. The molecule has 0 atom stereocenters. The van der Waals surface area contributed by atoms with Crippen molar-refractivity contribution in [3.63, 3.8) is 0 Å². The second-order valence-corrected chi connectivity index (χ2v) is 4.84. The third kappa shape index (κ3) is 2.38. The van der Waals surface area contributed by atoms with E-state index in [0.717, 1.165) is 0 Å². The number of anilines is 1. The van der Waals surface area contributed by atoms with E-state index >= 15 is 0 Å². The molecular formula is C12H15N3O2. The standard InChI is InChI=1S/C12H15N3O2/c1-12(2,3)17-11(16)15-7-14-9-5-4-8(13)6-10(9)15/h4-7H,13H2,1-3H3. The average molecular weight is 233 g/mol. The van der Waals surface area contributed by atoms with E-state index in [4.69, 9.17) is 10.5 Å². The van der Waals surface area contributed by atoms with Crippen molar-refractivity contribution in [2.75, 3.05) is 5.73 Å². The van der Waals surface area contributed by atoms with Crippen LogP contribution >= 0.6 is 0 Å². The second-order valence-electron chi connectivity index (χ2n) is 4.84. The molecule has 2 rings (SSSR count). The van der Waals surface area contributed by atoms with Gasteiger partial charge in [0.05, 0.1) is 11.0 Å². The van der Waals surface area contributed by atoms with Crippen LogP contribution < -0.4 is 5.73 Å². The zero-order valence-corrected chi connectivity index (χ0v) is 10.1. The van der Waals surface area contributed by atoms with E-state index in [9.17, 15) is 4.79 Å². The number of aromatic nitrogens is 2. The highest BCUT2D eigenvalue weighted by atomic mass is 16.6. The minimum atomic E-state index is -0.534. The van der Waals surface area contributed by atoms with E-state index in [1.165, 1.54) is 10.9 Å². The molecule has 90 valence electrons. The van der Waals surface area contributed by atoms with Crippen molar-refractivity contribution in [3.8, 4) is 0 Å². The Kier molecular flexibility index (Phi) is 2.53. The number of fused-ring (bicyclic) bond motifs is 1. The molecule has 0 bridgehead atoms. The molecule has 0 fully saturated rings. The van der Waals surface area contributed by atoms with Crippen molar-refractivity contribution in [1.82, 2.24) is 9.55 Å². The Morgan fingerprint density at radius 2 is 2.12 bits per heavy atom. The van der Waals surface area contributed by atoms with Crippen molar-refractivity contribution in [2.24, 2.45) is 0 Å². The Hall–Kier alpha value is -2.04. The average Bonchev–Trinajstić information content (AvgIpc) is 2.57. The Morgan fingerprint density at radius 3 is 2.76 bits per heavy atom. The smallest absolute Gasteiger partial charge is 0.420 e. The zero-order valence-electron chi connectivity index (χ0n) is 10.1. The van der Waals surface area contributed by atoms with Gasteiger partial charge in [-0.15, -0.1) is 0 Å². The van der Waals surface area contributed by atoms with Crippen LogP contribution in [-0.4, -0.2) is 21.2 Å². The van der Waals surface area contributed by atoms with Crippen LogP contribution in [0.15, 0.2) is 24.5 Å². The summed E-state index contributed by atoms with van der Waals surface area (Å²) in [6.45, 7) is 5.45. The molecule has 17 heavy (non-hydrogen) atoms. The quantitative estimate of drug-likeness (QED) is 0.709. The Morgan fingerprint density at radius 1 is 1.41 bits per heavy atom. The number of imidazole rings is 1.